The van der Waals surface area contributed by atoms with Crippen LogP contribution in [0.25, 0.3) is 10.2 Å². The number of aliphatic hydroxyl groups excluding tert-OH is 1. The summed E-state index contributed by atoms with van der Waals surface area (Å²) in [5.41, 5.74) is 3.20. The molecule has 0 saturated heterocycles. The van der Waals surface area contributed by atoms with Crippen molar-refractivity contribution in [3.8, 4) is 11.5 Å². The first-order valence-electron chi connectivity index (χ1n) is 10.5. The number of hydrogen-bond acceptors (Lipinski definition) is 8. The van der Waals surface area contributed by atoms with Crippen LogP contribution in [-0.4, -0.2) is 34.0 Å². The highest BCUT2D eigenvalue weighted by Crippen LogP contribution is 2.47. The molecule has 10 heteroatoms. The van der Waals surface area contributed by atoms with E-state index in [1.54, 1.807) is 29.6 Å². The van der Waals surface area contributed by atoms with Gasteiger partial charge in [0.25, 0.3) is 5.91 Å². The first-order valence-corrected chi connectivity index (χ1v) is 13.0. The Hall–Kier alpha value is -3.21. The second kappa shape index (κ2) is 8.78. The van der Waals surface area contributed by atoms with Gasteiger partial charge >= 0.3 is 0 Å². The number of ketones is 1. The monoisotopic (exact) mass is 570 g/mol. The van der Waals surface area contributed by atoms with E-state index in [2.05, 4.69) is 15.9 Å². The van der Waals surface area contributed by atoms with E-state index in [1.807, 2.05) is 26.0 Å². The average Bonchev–Trinajstić information content (AvgIpc) is 3.54. The van der Waals surface area contributed by atoms with Gasteiger partial charge in [-0.05, 0) is 76.1 Å². The number of rotatable bonds is 5. The Morgan fingerprint density at radius 2 is 1.97 bits per heavy atom. The highest BCUT2D eigenvalue weighted by Gasteiger charge is 2.46. The molecule has 1 unspecified atom stereocenters. The van der Waals surface area contributed by atoms with Crippen LogP contribution in [0.2, 0.25) is 0 Å². The van der Waals surface area contributed by atoms with Gasteiger partial charge in [-0.2, -0.15) is 0 Å². The van der Waals surface area contributed by atoms with Crippen LogP contribution < -0.4 is 9.64 Å². The maximum absolute atomic E-state index is 13.5. The van der Waals surface area contributed by atoms with E-state index in [9.17, 15) is 19.8 Å². The molecule has 4 aromatic rings. The van der Waals surface area contributed by atoms with Crippen molar-refractivity contribution in [2.24, 2.45) is 0 Å². The molecular formula is C25H19BrN2O5S2. The number of amides is 1. The van der Waals surface area contributed by atoms with E-state index < -0.39 is 23.5 Å². The van der Waals surface area contributed by atoms with Gasteiger partial charge in [0.1, 0.15) is 0 Å². The lowest BCUT2D eigenvalue weighted by Crippen LogP contribution is -2.31. The number of carbonyl (C=O) groups excluding carboxylic acids is 2. The van der Waals surface area contributed by atoms with Crippen molar-refractivity contribution in [3.05, 3.63) is 79.2 Å². The number of hydrogen-bond donors (Lipinski definition) is 2. The summed E-state index contributed by atoms with van der Waals surface area (Å²) in [5.74, 6) is -1.74. The molecule has 1 atom stereocenters. The van der Waals surface area contributed by atoms with E-state index in [1.165, 1.54) is 34.7 Å². The minimum absolute atomic E-state index is 0.0516. The predicted molar refractivity (Wildman–Crippen MR) is 140 cm³/mol. The molecule has 0 saturated carbocycles. The van der Waals surface area contributed by atoms with Gasteiger partial charge in [-0.3, -0.25) is 14.5 Å². The maximum Gasteiger partial charge on any atom is 0.296 e. The number of phenols is 1. The van der Waals surface area contributed by atoms with Gasteiger partial charge in [0, 0.05) is 0 Å². The molecule has 1 aliphatic heterocycles. The van der Waals surface area contributed by atoms with Gasteiger partial charge in [-0.1, -0.05) is 23.5 Å². The predicted octanol–water partition coefficient (Wildman–Crippen LogP) is 6.23. The fraction of sp³-hybridized carbons (Fsp3) is 0.160. The van der Waals surface area contributed by atoms with Gasteiger partial charge in [-0.15, -0.1) is 11.3 Å². The quantitative estimate of drug-likeness (QED) is 0.276. The number of carbonyl (C=O) groups is 2. The fourth-order valence-corrected chi connectivity index (χ4v) is 6.57. The number of anilines is 1. The third-order valence-electron chi connectivity index (χ3n) is 5.81. The maximum atomic E-state index is 13.5. The number of thiophene rings is 1. The van der Waals surface area contributed by atoms with Crippen LogP contribution in [0.5, 0.6) is 11.5 Å². The first-order chi connectivity index (χ1) is 16.7. The number of Topliss-reactive ketones (excluding diaryl/α,β-unsaturated/α-hetero) is 1. The second-order valence-electron chi connectivity index (χ2n) is 8.12. The number of benzene rings is 2. The normalized spacial score (nSPS) is 15.9. The molecular weight excluding hydrogens is 552 g/mol. The first kappa shape index (κ1) is 23.5. The van der Waals surface area contributed by atoms with Gasteiger partial charge in [0.15, 0.2) is 22.4 Å². The molecule has 7 nitrogen and oxygen atoms in total. The van der Waals surface area contributed by atoms with Gasteiger partial charge < -0.3 is 14.9 Å². The van der Waals surface area contributed by atoms with Crippen molar-refractivity contribution in [2.45, 2.75) is 19.9 Å². The number of aromatic nitrogens is 1. The van der Waals surface area contributed by atoms with Crippen molar-refractivity contribution in [2.75, 3.05) is 12.0 Å². The lowest BCUT2D eigenvalue weighted by Gasteiger charge is -2.25. The zero-order chi connectivity index (χ0) is 25.0. The number of aromatic hydroxyl groups is 1. The van der Waals surface area contributed by atoms with Gasteiger partial charge in [-0.25, -0.2) is 4.98 Å². The molecule has 0 aliphatic carbocycles. The molecule has 0 bridgehead atoms. The summed E-state index contributed by atoms with van der Waals surface area (Å²) in [6, 6.07) is 9.56. The average molecular weight is 571 g/mol. The van der Waals surface area contributed by atoms with Gasteiger partial charge in [0.05, 0.1) is 38.3 Å². The number of thiazole rings is 1. The van der Waals surface area contributed by atoms with E-state index in [4.69, 9.17) is 9.72 Å². The minimum Gasteiger partial charge on any atom is -0.503 e. The Labute approximate surface area is 217 Å². The molecule has 1 amide bonds. The van der Waals surface area contributed by atoms with E-state index >= 15 is 0 Å². The summed E-state index contributed by atoms with van der Waals surface area (Å²) in [6.45, 7) is 3.94. The highest BCUT2D eigenvalue weighted by atomic mass is 79.9. The van der Waals surface area contributed by atoms with Crippen LogP contribution in [0.3, 0.4) is 0 Å². The number of halogens is 1. The van der Waals surface area contributed by atoms with Crippen molar-refractivity contribution in [1.82, 2.24) is 4.98 Å². The van der Waals surface area contributed by atoms with Crippen LogP contribution >= 0.6 is 38.6 Å². The lowest BCUT2D eigenvalue weighted by molar-refractivity contribution is -0.117. The number of aliphatic hydroxyl groups is 1. The SMILES string of the molecule is COc1cc(C2C(C(=O)c3cccs3)=C(O)C(=O)N2c2nc3c(C)cc(C)cc3s2)cc(Br)c1O. The largest absolute Gasteiger partial charge is 0.503 e. The number of aryl methyl sites for hydroxylation is 2. The number of fused-ring (bicyclic) bond motifs is 1. The molecule has 3 heterocycles. The Morgan fingerprint density at radius 1 is 1.20 bits per heavy atom. The number of methoxy groups -OCH3 is 1. The summed E-state index contributed by atoms with van der Waals surface area (Å²) in [7, 11) is 1.41. The Kier molecular flexibility index (Phi) is 5.90. The molecule has 0 fully saturated rings. The van der Waals surface area contributed by atoms with Crippen molar-refractivity contribution < 1.29 is 24.5 Å². The highest BCUT2D eigenvalue weighted by molar-refractivity contribution is 9.10. The molecule has 2 aromatic heterocycles. The summed E-state index contributed by atoms with van der Waals surface area (Å²) in [5, 5.41) is 23.4. The molecule has 0 radical (unpaired) electrons. The number of nitrogens with zero attached hydrogens (tertiary/aromatic N) is 2. The zero-order valence-electron chi connectivity index (χ0n) is 18.8. The molecule has 2 aromatic carbocycles. The van der Waals surface area contributed by atoms with Gasteiger partial charge in [0.2, 0.25) is 5.78 Å². The Morgan fingerprint density at radius 3 is 2.66 bits per heavy atom. The summed E-state index contributed by atoms with van der Waals surface area (Å²) in [4.78, 5) is 33.4. The van der Waals surface area contributed by atoms with Crippen molar-refractivity contribution in [3.63, 3.8) is 0 Å². The van der Waals surface area contributed by atoms with Crippen LogP contribution in [0.4, 0.5) is 5.13 Å². The summed E-state index contributed by atoms with van der Waals surface area (Å²) >= 11 is 5.86. The molecule has 178 valence electrons. The Bertz CT molecular complexity index is 1540. The van der Waals surface area contributed by atoms with Crippen LogP contribution in [0.15, 0.2) is 57.6 Å². The van der Waals surface area contributed by atoms with Crippen LogP contribution in [-0.2, 0) is 4.79 Å². The van der Waals surface area contributed by atoms with E-state index in [0.717, 1.165) is 21.3 Å². The third kappa shape index (κ3) is 3.81. The Balaban J connectivity index is 1.74. The van der Waals surface area contributed by atoms with Crippen molar-refractivity contribution >= 4 is 65.6 Å². The van der Waals surface area contributed by atoms with Crippen LogP contribution in [0.1, 0.15) is 32.4 Å². The molecule has 2 N–H and O–H groups in total. The number of phenolic OH excluding ortho intramolecular Hbond substituents is 1. The molecule has 1 aliphatic rings. The minimum atomic E-state index is -0.982. The van der Waals surface area contributed by atoms with E-state index in [0.29, 0.717) is 20.0 Å². The smallest absolute Gasteiger partial charge is 0.296 e. The second-order valence-corrected chi connectivity index (χ2v) is 10.9. The van der Waals surface area contributed by atoms with E-state index in [-0.39, 0.29) is 17.1 Å². The topological polar surface area (TPSA) is 100.0 Å². The molecule has 0 spiro atoms. The summed E-state index contributed by atoms with van der Waals surface area (Å²) < 4.78 is 6.53. The summed E-state index contributed by atoms with van der Waals surface area (Å²) in [6.07, 6.45) is 0. The molecule has 35 heavy (non-hydrogen) atoms. The molecule has 5 rings (SSSR count). The standard InChI is InChI=1S/C25H19BrN2O5S2/c1-11-7-12(2)19-17(8-11)35-25(27-19)28-20(13-9-14(26)21(29)15(10-13)33-3)18(23(31)24(28)32)22(30)16-5-4-6-34-16/h4-10,20,29,31H,1-3H3. The number of ether oxygens (including phenoxy) is 1. The van der Waals surface area contributed by atoms with Crippen LogP contribution in [0, 0.1) is 13.8 Å². The third-order valence-corrected chi connectivity index (χ3v) is 8.28. The zero-order valence-corrected chi connectivity index (χ0v) is 22.0. The lowest BCUT2D eigenvalue weighted by atomic mass is 9.95. The van der Waals surface area contributed by atoms with Crippen molar-refractivity contribution in [1.29, 1.82) is 0 Å². The fourth-order valence-electron chi connectivity index (χ4n) is 4.26.